The molecular weight excluding hydrogens is 560 g/mol. The van der Waals surface area contributed by atoms with E-state index in [1.807, 2.05) is 12.1 Å². The van der Waals surface area contributed by atoms with Crippen LogP contribution in [0.2, 0.25) is 0 Å². The number of allylic oxidation sites excluding steroid dienone is 6. The number of benzene rings is 2. The van der Waals surface area contributed by atoms with Crippen molar-refractivity contribution in [3.63, 3.8) is 0 Å². The van der Waals surface area contributed by atoms with Crippen molar-refractivity contribution in [2.75, 3.05) is 23.7 Å². The Morgan fingerprint density at radius 1 is 1.03 bits per heavy atom. The number of para-hydroxylation sites is 2. The molecule has 2 aliphatic heterocycles. The molecule has 2 aliphatic rings. The first-order valence-corrected chi connectivity index (χ1v) is 15.6. The lowest BCUT2D eigenvalue weighted by Crippen LogP contribution is -2.28. The molecule has 0 N–H and O–H groups in total. The molecule has 0 bridgehead atoms. The monoisotopic (exact) mass is 596 g/mol. The van der Waals surface area contributed by atoms with Crippen molar-refractivity contribution in [1.29, 1.82) is 0 Å². The molecule has 0 amide bonds. The number of halogens is 1. The summed E-state index contributed by atoms with van der Waals surface area (Å²) in [6.07, 6.45) is 9.80. The number of nitrogens with zero attached hydrogens (tertiary/aromatic N) is 2. The highest BCUT2D eigenvalue weighted by atomic mass is 79.9. The van der Waals surface area contributed by atoms with Gasteiger partial charge in [-0.3, -0.25) is 0 Å². The molecule has 2 heterocycles. The highest BCUT2D eigenvalue weighted by Gasteiger charge is 2.43. The quantitative estimate of drug-likeness (QED) is 0.179. The third-order valence-electron chi connectivity index (χ3n) is 7.62. The number of anilines is 1. The van der Waals surface area contributed by atoms with Gasteiger partial charge in [-0.2, -0.15) is 4.58 Å². The van der Waals surface area contributed by atoms with Gasteiger partial charge in [0.2, 0.25) is 5.69 Å². The third-order valence-corrected chi connectivity index (χ3v) is 8.94. The summed E-state index contributed by atoms with van der Waals surface area (Å²) >= 11 is 3.75. The summed E-state index contributed by atoms with van der Waals surface area (Å²) in [7, 11) is -4.25. The van der Waals surface area contributed by atoms with Crippen LogP contribution in [0.25, 0.3) is 0 Å². The Bertz CT molecular complexity index is 1450. The predicted octanol–water partition coefficient (Wildman–Crippen LogP) is 6.92. The molecule has 0 saturated heterocycles. The summed E-state index contributed by atoms with van der Waals surface area (Å²) < 4.78 is 37.0. The first-order chi connectivity index (χ1) is 17.9. The molecule has 0 saturated carbocycles. The van der Waals surface area contributed by atoms with Gasteiger partial charge in [0.25, 0.3) is 0 Å². The fourth-order valence-corrected chi connectivity index (χ4v) is 6.51. The van der Waals surface area contributed by atoms with Gasteiger partial charge in [0.05, 0.1) is 15.5 Å². The molecule has 0 aliphatic carbocycles. The average Bonchev–Trinajstić information content (AvgIpc) is 3.20. The van der Waals surface area contributed by atoms with Gasteiger partial charge in [-0.25, -0.2) is 8.42 Å². The maximum atomic E-state index is 11.2. The van der Waals surface area contributed by atoms with Gasteiger partial charge >= 0.3 is 0 Å². The SMILES string of the molecule is CCC[N+]1=C(/C=C/C(Br)=C/C=C2\N(CCCS(=O)(=O)[O-])c3ccccc3C2(C)C)C(C)(C)c2ccccc21. The predicted molar refractivity (Wildman–Crippen MR) is 160 cm³/mol. The minimum atomic E-state index is -4.25. The molecule has 2 aromatic rings. The highest BCUT2D eigenvalue weighted by molar-refractivity contribution is 9.11. The fraction of sp³-hybridized carbons (Fsp3) is 0.387. The van der Waals surface area contributed by atoms with Crippen LogP contribution in [-0.4, -0.2) is 42.1 Å². The molecule has 2 aromatic carbocycles. The Balaban J connectivity index is 1.65. The zero-order chi connectivity index (χ0) is 27.7. The van der Waals surface area contributed by atoms with Gasteiger partial charge in [-0.1, -0.05) is 73.1 Å². The molecule has 5 nitrogen and oxygen atoms in total. The first-order valence-electron chi connectivity index (χ1n) is 13.2. The molecule has 7 heteroatoms. The van der Waals surface area contributed by atoms with E-state index in [0.717, 1.165) is 28.8 Å². The lowest BCUT2D eigenvalue weighted by Gasteiger charge is -2.27. The minimum absolute atomic E-state index is 0.0954. The summed E-state index contributed by atoms with van der Waals surface area (Å²) in [5, 5.41) is 0. The summed E-state index contributed by atoms with van der Waals surface area (Å²) in [6.45, 7) is 12.5. The van der Waals surface area contributed by atoms with E-state index >= 15 is 0 Å². The lowest BCUT2D eigenvalue weighted by atomic mass is 9.81. The van der Waals surface area contributed by atoms with E-state index in [2.05, 4.69) is 121 Å². The van der Waals surface area contributed by atoms with Crippen molar-refractivity contribution in [1.82, 2.24) is 0 Å². The second-order valence-electron chi connectivity index (χ2n) is 11.0. The van der Waals surface area contributed by atoms with Crippen LogP contribution in [-0.2, 0) is 20.9 Å². The number of hydrogen-bond donors (Lipinski definition) is 0. The van der Waals surface area contributed by atoms with Crippen LogP contribution >= 0.6 is 15.9 Å². The van der Waals surface area contributed by atoms with Crippen LogP contribution < -0.4 is 4.90 Å². The standard InChI is InChI=1S/C31H37BrN2O3S/c1-6-20-33-26-14-9-7-12-24(26)30(2,3)28(33)18-16-23(32)17-19-29-31(4,5)25-13-8-10-15-27(25)34(29)21-11-22-38(35,36)37/h7-10,12-19H,6,11,20-22H2,1-5H3. The molecule has 202 valence electrons. The van der Waals surface area contributed by atoms with Crippen molar-refractivity contribution in [2.45, 2.75) is 58.3 Å². The summed E-state index contributed by atoms with van der Waals surface area (Å²) in [6, 6.07) is 16.8. The van der Waals surface area contributed by atoms with Gasteiger partial charge in [0.15, 0.2) is 5.71 Å². The Kier molecular flexibility index (Phi) is 8.22. The van der Waals surface area contributed by atoms with Gasteiger partial charge < -0.3 is 9.45 Å². The molecule has 38 heavy (non-hydrogen) atoms. The fourth-order valence-electron chi connectivity index (χ4n) is 5.76. The van der Waals surface area contributed by atoms with Crippen LogP contribution in [0, 0.1) is 0 Å². The van der Waals surface area contributed by atoms with Crippen molar-refractivity contribution >= 4 is 43.1 Å². The first kappa shape index (κ1) is 28.5. The van der Waals surface area contributed by atoms with E-state index in [1.54, 1.807) is 0 Å². The van der Waals surface area contributed by atoms with E-state index in [0.29, 0.717) is 6.54 Å². The Hall–Kier alpha value is -2.48. The topological polar surface area (TPSA) is 63.5 Å². The van der Waals surface area contributed by atoms with Crippen LogP contribution in [0.3, 0.4) is 0 Å². The zero-order valence-corrected chi connectivity index (χ0v) is 25.3. The molecule has 0 aromatic heterocycles. The molecule has 0 unspecified atom stereocenters. The normalized spacial score (nSPS) is 19.5. The van der Waals surface area contributed by atoms with Crippen LogP contribution in [0.15, 0.2) is 83.0 Å². The van der Waals surface area contributed by atoms with Crippen LogP contribution in [0.5, 0.6) is 0 Å². The Morgan fingerprint density at radius 2 is 1.68 bits per heavy atom. The summed E-state index contributed by atoms with van der Waals surface area (Å²) in [4.78, 5) is 2.15. The Labute approximate surface area is 236 Å². The van der Waals surface area contributed by atoms with E-state index in [9.17, 15) is 13.0 Å². The zero-order valence-electron chi connectivity index (χ0n) is 22.9. The van der Waals surface area contributed by atoms with Crippen molar-refractivity contribution in [2.24, 2.45) is 0 Å². The van der Waals surface area contributed by atoms with Gasteiger partial charge in [0.1, 0.15) is 6.54 Å². The van der Waals surface area contributed by atoms with Gasteiger partial charge in [0, 0.05) is 57.7 Å². The Morgan fingerprint density at radius 3 is 2.37 bits per heavy atom. The number of hydrogen-bond acceptors (Lipinski definition) is 4. The maximum absolute atomic E-state index is 11.2. The second kappa shape index (κ2) is 10.9. The van der Waals surface area contributed by atoms with E-state index in [4.69, 9.17) is 0 Å². The lowest BCUT2D eigenvalue weighted by molar-refractivity contribution is -0.437. The van der Waals surface area contributed by atoms with Crippen molar-refractivity contribution in [3.8, 4) is 0 Å². The maximum Gasteiger partial charge on any atom is 0.209 e. The molecule has 0 fully saturated rings. The van der Waals surface area contributed by atoms with Crippen LogP contribution in [0.4, 0.5) is 11.4 Å². The molecule has 0 atom stereocenters. The molecule has 4 rings (SSSR count). The van der Waals surface area contributed by atoms with E-state index in [-0.39, 0.29) is 23.0 Å². The van der Waals surface area contributed by atoms with Crippen molar-refractivity contribution < 1.29 is 17.5 Å². The summed E-state index contributed by atoms with van der Waals surface area (Å²) in [5.74, 6) is -0.368. The minimum Gasteiger partial charge on any atom is -0.748 e. The molecule has 0 radical (unpaired) electrons. The number of fused-ring (bicyclic) bond motifs is 2. The highest BCUT2D eigenvalue weighted by Crippen LogP contribution is 2.47. The molecular formula is C31H37BrN2O3S. The average molecular weight is 598 g/mol. The van der Waals surface area contributed by atoms with Crippen LogP contribution in [0.1, 0.15) is 58.6 Å². The van der Waals surface area contributed by atoms with Gasteiger partial charge in [-0.05, 0) is 50.1 Å². The van der Waals surface area contributed by atoms with E-state index in [1.165, 1.54) is 22.5 Å². The molecule has 0 spiro atoms. The summed E-state index contributed by atoms with van der Waals surface area (Å²) in [5.41, 5.74) is 6.85. The smallest absolute Gasteiger partial charge is 0.209 e. The second-order valence-corrected chi connectivity index (χ2v) is 13.5. The largest absolute Gasteiger partial charge is 0.748 e. The van der Waals surface area contributed by atoms with Crippen molar-refractivity contribution in [3.05, 3.63) is 94.1 Å². The third kappa shape index (κ3) is 5.61. The van der Waals surface area contributed by atoms with Gasteiger partial charge in [-0.15, -0.1) is 0 Å². The number of rotatable bonds is 9. The van der Waals surface area contributed by atoms with E-state index < -0.39 is 10.1 Å².